The van der Waals surface area contributed by atoms with E-state index in [0.29, 0.717) is 5.75 Å². The Morgan fingerprint density at radius 2 is 1.88 bits per heavy atom. The molecule has 0 spiro atoms. The van der Waals surface area contributed by atoms with Gasteiger partial charge in [-0.2, -0.15) is 0 Å². The summed E-state index contributed by atoms with van der Waals surface area (Å²) in [4.78, 5) is 29.5. The summed E-state index contributed by atoms with van der Waals surface area (Å²) in [6.45, 7) is -0.262. The van der Waals surface area contributed by atoms with E-state index in [0.717, 1.165) is 16.1 Å². The number of benzene rings is 2. The van der Waals surface area contributed by atoms with Crippen LogP contribution in [0, 0.1) is 0 Å². The molecule has 0 bridgehead atoms. The number of halogens is 1. The summed E-state index contributed by atoms with van der Waals surface area (Å²) >= 11 is 6.12. The molecule has 0 aliphatic carbocycles. The molecule has 0 radical (unpaired) electrons. The first kappa shape index (κ1) is 25.0. The number of pyridine rings is 1. The predicted molar refractivity (Wildman–Crippen MR) is 131 cm³/mol. The van der Waals surface area contributed by atoms with E-state index in [9.17, 15) is 18.0 Å². The SMILES string of the molecule is COc1ccc(N(CC(=O)Nc2ccccc2C(=O)NCc2cccnc2)S(C)(=O)=O)cc1Cl. The van der Waals surface area contributed by atoms with Crippen molar-refractivity contribution in [2.75, 3.05) is 29.5 Å². The van der Waals surface area contributed by atoms with Crippen molar-refractivity contribution < 1.29 is 22.7 Å². The van der Waals surface area contributed by atoms with Crippen molar-refractivity contribution >= 4 is 44.8 Å². The van der Waals surface area contributed by atoms with Crippen molar-refractivity contribution in [1.29, 1.82) is 0 Å². The second kappa shape index (κ2) is 11.0. The van der Waals surface area contributed by atoms with Crippen LogP contribution in [0.15, 0.2) is 67.0 Å². The van der Waals surface area contributed by atoms with Crippen LogP contribution in [-0.2, 0) is 21.4 Å². The van der Waals surface area contributed by atoms with Crippen molar-refractivity contribution in [3.8, 4) is 5.75 Å². The Morgan fingerprint density at radius 1 is 1.12 bits per heavy atom. The van der Waals surface area contributed by atoms with Crippen LogP contribution in [0.3, 0.4) is 0 Å². The summed E-state index contributed by atoms with van der Waals surface area (Å²) in [5.74, 6) is -0.666. The highest BCUT2D eigenvalue weighted by molar-refractivity contribution is 7.92. The molecule has 0 aliphatic rings. The van der Waals surface area contributed by atoms with Crippen LogP contribution in [0.1, 0.15) is 15.9 Å². The van der Waals surface area contributed by atoms with E-state index in [1.807, 2.05) is 6.07 Å². The number of para-hydroxylation sites is 1. The topological polar surface area (TPSA) is 118 Å². The summed E-state index contributed by atoms with van der Waals surface area (Å²) in [7, 11) is -2.38. The molecule has 11 heteroatoms. The molecule has 0 unspecified atom stereocenters. The van der Waals surface area contributed by atoms with Gasteiger partial charge in [0, 0.05) is 18.9 Å². The van der Waals surface area contributed by atoms with Crippen molar-refractivity contribution in [1.82, 2.24) is 10.3 Å². The van der Waals surface area contributed by atoms with Gasteiger partial charge >= 0.3 is 0 Å². The third-order valence-electron chi connectivity index (χ3n) is 4.73. The third kappa shape index (κ3) is 6.46. The quantitative estimate of drug-likeness (QED) is 0.464. The molecule has 0 saturated heterocycles. The smallest absolute Gasteiger partial charge is 0.253 e. The highest BCUT2D eigenvalue weighted by atomic mass is 35.5. The molecular weight excluding hydrogens is 480 g/mol. The van der Waals surface area contributed by atoms with Crippen molar-refractivity contribution in [2.45, 2.75) is 6.54 Å². The standard InChI is InChI=1S/C23H23ClN4O5S/c1-33-21-10-9-17(12-19(21)24)28(34(2,31)32)15-22(29)27-20-8-4-3-7-18(20)23(30)26-14-16-6-5-11-25-13-16/h3-13H,14-15H2,1-2H3,(H,26,30)(H,27,29). The molecule has 2 amide bonds. The molecule has 9 nitrogen and oxygen atoms in total. The first-order chi connectivity index (χ1) is 16.2. The van der Waals surface area contributed by atoms with E-state index in [-0.39, 0.29) is 28.5 Å². The summed E-state index contributed by atoms with van der Waals surface area (Å²) < 4.78 is 30.8. The molecule has 0 aliphatic heterocycles. The van der Waals surface area contributed by atoms with Crippen LogP contribution in [0.4, 0.5) is 11.4 Å². The molecule has 178 valence electrons. The van der Waals surface area contributed by atoms with Crippen LogP contribution in [-0.4, -0.2) is 45.1 Å². The van der Waals surface area contributed by atoms with Gasteiger partial charge < -0.3 is 15.4 Å². The second-order valence-electron chi connectivity index (χ2n) is 7.23. The van der Waals surface area contributed by atoms with E-state index < -0.39 is 28.4 Å². The Bertz CT molecular complexity index is 1290. The lowest BCUT2D eigenvalue weighted by atomic mass is 10.1. The van der Waals surface area contributed by atoms with Gasteiger partial charge in [-0.05, 0) is 42.0 Å². The maximum Gasteiger partial charge on any atom is 0.253 e. The highest BCUT2D eigenvalue weighted by Crippen LogP contribution is 2.30. The average Bonchev–Trinajstić information content (AvgIpc) is 2.81. The number of aromatic nitrogens is 1. The van der Waals surface area contributed by atoms with Gasteiger partial charge in [-0.25, -0.2) is 8.42 Å². The molecule has 2 N–H and O–H groups in total. The molecule has 1 aromatic heterocycles. The number of hydrogen-bond acceptors (Lipinski definition) is 6. The minimum atomic E-state index is -3.82. The fourth-order valence-corrected chi connectivity index (χ4v) is 4.20. The second-order valence-corrected chi connectivity index (χ2v) is 9.54. The number of rotatable bonds is 9. The maximum atomic E-state index is 12.8. The molecular formula is C23H23ClN4O5S. The van der Waals surface area contributed by atoms with Gasteiger partial charge in [0.25, 0.3) is 5.91 Å². The van der Waals surface area contributed by atoms with E-state index in [4.69, 9.17) is 16.3 Å². The summed E-state index contributed by atoms with van der Waals surface area (Å²) in [6, 6.07) is 14.4. The van der Waals surface area contributed by atoms with E-state index in [2.05, 4.69) is 15.6 Å². The van der Waals surface area contributed by atoms with Gasteiger partial charge in [0.15, 0.2) is 0 Å². The van der Waals surface area contributed by atoms with Crippen LogP contribution < -0.4 is 19.7 Å². The minimum absolute atomic E-state index is 0.199. The van der Waals surface area contributed by atoms with E-state index in [1.165, 1.54) is 25.3 Å². The Kier molecular flexibility index (Phi) is 8.08. The van der Waals surface area contributed by atoms with Crippen LogP contribution in [0.25, 0.3) is 0 Å². The van der Waals surface area contributed by atoms with Crippen molar-refractivity contribution in [3.05, 3.63) is 83.1 Å². The lowest BCUT2D eigenvalue weighted by Gasteiger charge is -2.22. The van der Waals surface area contributed by atoms with Gasteiger partial charge in [0.2, 0.25) is 15.9 Å². The zero-order chi connectivity index (χ0) is 24.7. The first-order valence-corrected chi connectivity index (χ1v) is 12.3. The number of amides is 2. The number of nitrogens with zero attached hydrogens (tertiary/aromatic N) is 2. The number of sulfonamides is 1. The van der Waals surface area contributed by atoms with Gasteiger partial charge in [0.1, 0.15) is 12.3 Å². The van der Waals surface area contributed by atoms with Gasteiger partial charge in [-0.15, -0.1) is 0 Å². The number of nitrogens with one attached hydrogen (secondary N) is 2. The van der Waals surface area contributed by atoms with Crippen molar-refractivity contribution in [2.24, 2.45) is 0 Å². The normalized spacial score (nSPS) is 10.9. The molecule has 1 heterocycles. The Labute approximate surface area is 202 Å². The molecule has 34 heavy (non-hydrogen) atoms. The Morgan fingerprint density at radius 3 is 2.53 bits per heavy atom. The zero-order valence-electron chi connectivity index (χ0n) is 18.5. The molecule has 3 aromatic rings. The number of carbonyl (C=O) groups is 2. The van der Waals surface area contributed by atoms with E-state index in [1.54, 1.807) is 42.7 Å². The van der Waals surface area contributed by atoms with Crippen LogP contribution in [0.5, 0.6) is 5.75 Å². The summed E-state index contributed by atoms with van der Waals surface area (Å²) in [6.07, 6.45) is 4.26. The number of methoxy groups -OCH3 is 1. The fourth-order valence-electron chi connectivity index (χ4n) is 3.10. The zero-order valence-corrected chi connectivity index (χ0v) is 20.1. The molecule has 3 rings (SSSR count). The number of ether oxygens (including phenoxy) is 1. The first-order valence-electron chi connectivity index (χ1n) is 10.1. The minimum Gasteiger partial charge on any atom is -0.495 e. The lowest BCUT2D eigenvalue weighted by molar-refractivity contribution is -0.114. The third-order valence-corrected chi connectivity index (χ3v) is 6.17. The molecule has 2 aromatic carbocycles. The monoisotopic (exact) mass is 502 g/mol. The van der Waals surface area contributed by atoms with Crippen LogP contribution in [0.2, 0.25) is 5.02 Å². The van der Waals surface area contributed by atoms with Gasteiger partial charge in [0.05, 0.1) is 35.3 Å². The number of hydrogen-bond donors (Lipinski definition) is 2. The summed E-state index contributed by atoms with van der Waals surface area (Å²) in [5, 5.41) is 5.60. The molecule has 0 fully saturated rings. The predicted octanol–water partition coefficient (Wildman–Crippen LogP) is 3.08. The summed E-state index contributed by atoms with van der Waals surface area (Å²) in [5.41, 5.74) is 1.50. The van der Waals surface area contributed by atoms with Gasteiger partial charge in [-0.3, -0.25) is 18.9 Å². The van der Waals surface area contributed by atoms with Crippen molar-refractivity contribution in [3.63, 3.8) is 0 Å². The van der Waals surface area contributed by atoms with E-state index >= 15 is 0 Å². The Hall–Kier alpha value is -3.63. The fraction of sp³-hybridized carbons (Fsp3) is 0.174. The number of anilines is 2. The molecule has 0 saturated carbocycles. The maximum absolute atomic E-state index is 12.8. The van der Waals surface area contributed by atoms with Gasteiger partial charge in [-0.1, -0.05) is 29.8 Å². The molecule has 0 atom stereocenters. The average molecular weight is 503 g/mol. The largest absolute Gasteiger partial charge is 0.495 e. The highest BCUT2D eigenvalue weighted by Gasteiger charge is 2.23. The lowest BCUT2D eigenvalue weighted by Crippen LogP contribution is -2.37. The Balaban J connectivity index is 1.75. The van der Waals surface area contributed by atoms with Crippen LogP contribution >= 0.6 is 11.6 Å². The number of carbonyl (C=O) groups excluding carboxylic acids is 2.